The van der Waals surface area contributed by atoms with E-state index in [1.165, 1.54) is 12.3 Å². The number of nitro groups is 1. The van der Waals surface area contributed by atoms with Gasteiger partial charge in [0.05, 0.1) is 16.9 Å². The minimum atomic E-state index is -0.735. The summed E-state index contributed by atoms with van der Waals surface area (Å²) in [6, 6.07) is 3.10. The summed E-state index contributed by atoms with van der Waals surface area (Å²) in [5, 5.41) is 22.3. The lowest BCUT2D eigenvalue weighted by molar-refractivity contribution is -0.385. The molecule has 104 valence electrons. The smallest absolute Gasteiger partial charge is 0.319 e. The van der Waals surface area contributed by atoms with Crippen LogP contribution in [0.25, 0.3) is 0 Å². The zero-order valence-electron chi connectivity index (χ0n) is 10.4. The third kappa shape index (κ3) is 2.70. The summed E-state index contributed by atoms with van der Waals surface area (Å²) >= 11 is 5.66. The van der Waals surface area contributed by atoms with Gasteiger partial charge in [0.15, 0.2) is 0 Å². The maximum absolute atomic E-state index is 12.1. The van der Waals surface area contributed by atoms with Gasteiger partial charge in [-0.15, -0.1) is 0 Å². The lowest BCUT2D eigenvalue weighted by Crippen LogP contribution is -2.37. The van der Waals surface area contributed by atoms with Crippen molar-refractivity contribution in [3.05, 3.63) is 33.1 Å². The quantitative estimate of drug-likeness (QED) is 0.521. The van der Waals surface area contributed by atoms with Gasteiger partial charge in [0.2, 0.25) is 5.15 Å². The average molecular weight is 295 g/mol. The Balaban J connectivity index is 2.24. The Morgan fingerprint density at radius 2 is 2.35 bits per heavy atom. The number of hydrogen-bond donors (Lipinski definition) is 1. The first kappa shape index (κ1) is 14.2. The summed E-state index contributed by atoms with van der Waals surface area (Å²) in [4.78, 5) is 25.9. The van der Waals surface area contributed by atoms with Crippen molar-refractivity contribution in [1.29, 1.82) is 5.26 Å². The molecule has 7 nitrogen and oxygen atoms in total. The van der Waals surface area contributed by atoms with Crippen molar-refractivity contribution in [2.75, 3.05) is 0 Å². The minimum absolute atomic E-state index is 0.140. The third-order valence-electron chi connectivity index (χ3n) is 3.31. The van der Waals surface area contributed by atoms with Gasteiger partial charge in [0.25, 0.3) is 5.91 Å². The molecule has 1 aliphatic carbocycles. The van der Waals surface area contributed by atoms with Gasteiger partial charge in [-0.3, -0.25) is 14.9 Å². The number of nitrogens with one attached hydrogen (secondary N) is 1. The molecule has 1 saturated carbocycles. The molecule has 2 unspecified atom stereocenters. The monoisotopic (exact) mass is 294 g/mol. The van der Waals surface area contributed by atoms with Gasteiger partial charge in [-0.1, -0.05) is 11.6 Å². The number of aromatic nitrogens is 1. The Morgan fingerprint density at radius 1 is 1.60 bits per heavy atom. The van der Waals surface area contributed by atoms with Gasteiger partial charge in [-0.25, -0.2) is 4.98 Å². The van der Waals surface area contributed by atoms with Crippen LogP contribution in [-0.2, 0) is 0 Å². The molecule has 1 heterocycles. The van der Waals surface area contributed by atoms with E-state index in [0.29, 0.717) is 6.42 Å². The number of carbonyl (C=O) groups excluding carboxylic acids is 1. The van der Waals surface area contributed by atoms with Crippen molar-refractivity contribution in [3.8, 4) is 6.07 Å². The number of halogens is 1. The largest absolute Gasteiger partial charge is 0.348 e. The predicted molar refractivity (Wildman–Crippen MR) is 70.1 cm³/mol. The number of carbonyl (C=O) groups is 1. The Bertz CT molecular complexity index is 599. The molecule has 1 aromatic heterocycles. The molecule has 0 aromatic carbocycles. The van der Waals surface area contributed by atoms with Crippen molar-refractivity contribution in [3.63, 3.8) is 0 Å². The van der Waals surface area contributed by atoms with E-state index in [1.807, 2.05) is 0 Å². The number of pyridine rings is 1. The normalized spacial score (nSPS) is 21.2. The van der Waals surface area contributed by atoms with Crippen LogP contribution in [0.1, 0.15) is 29.6 Å². The molecular formula is C12H11ClN4O3. The van der Waals surface area contributed by atoms with Crippen molar-refractivity contribution in [2.24, 2.45) is 5.92 Å². The SMILES string of the molecule is N#CC1CCCC1NC(=O)c1ccnc(Cl)c1[N+](=O)[O-]. The Morgan fingerprint density at radius 3 is 3.00 bits per heavy atom. The number of hydrogen-bond acceptors (Lipinski definition) is 5. The number of nitriles is 1. The van der Waals surface area contributed by atoms with Crippen LogP contribution in [-0.4, -0.2) is 21.9 Å². The molecule has 2 rings (SSSR count). The standard InChI is InChI=1S/C12H11ClN4O3/c13-11-10(17(19)20)8(4-5-15-11)12(18)16-9-3-1-2-7(9)6-14/h4-5,7,9H,1-3H2,(H,16,18). The van der Waals surface area contributed by atoms with Crippen LogP contribution >= 0.6 is 11.6 Å². The van der Waals surface area contributed by atoms with E-state index >= 15 is 0 Å². The molecule has 0 saturated heterocycles. The summed E-state index contributed by atoms with van der Waals surface area (Å²) in [6.07, 6.45) is 3.50. The molecule has 8 heteroatoms. The topological polar surface area (TPSA) is 109 Å². The van der Waals surface area contributed by atoms with Gasteiger partial charge in [0, 0.05) is 12.2 Å². The second-order valence-electron chi connectivity index (χ2n) is 4.50. The van der Waals surface area contributed by atoms with E-state index in [1.54, 1.807) is 0 Å². The first-order valence-corrected chi connectivity index (χ1v) is 6.41. The van der Waals surface area contributed by atoms with Crippen LogP contribution in [0.2, 0.25) is 5.15 Å². The summed E-state index contributed by atoms with van der Waals surface area (Å²) in [7, 11) is 0. The molecule has 0 bridgehead atoms. The summed E-state index contributed by atoms with van der Waals surface area (Å²) in [6.45, 7) is 0. The van der Waals surface area contributed by atoms with Crippen molar-refractivity contribution >= 4 is 23.2 Å². The number of amides is 1. The van der Waals surface area contributed by atoms with Crippen LogP contribution < -0.4 is 5.32 Å². The van der Waals surface area contributed by atoms with E-state index in [2.05, 4.69) is 16.4 Å². The van der Waals surface area contributed by atoms with E-state index < -0.39 is 16.5 Å². The highest BCUT2D eigenvalue weighted by Crippen LogP contribution is 2.28. The number of nitrogens with zero attached hydrogens (tertiary/aromatic N) is 3. The average Bonchev–Trinajstić information content (AvgIpc) is 2.85. The van der Waals surface area contributed by atoms with E-state index in [4.69, 9.17) is 16.9 Å². The molecular weight excluding hydrogens is 284 g/mol. The highest BCUT2D eigenvalue weighted by atomic mass is 35.5. The zero-order chi connectivity index (χ0) is 14.7. The molecule has 0 radical (unpaired) electrons. The second-order valence-corrected chi connectivity index (χ2v) is 4.86. The molecule has 1 aliphatic rings. The van der Waals surface area contributed by atoms with Gasteiger partial charge in [-0.2, -0.15) is 5.26 Å². The number of rotatable bonds is 3. The van der Waals surface area contributed by atoms with E-state index in [0.717, 1.165) is 12.8 Å². The van der Waals surface area contributed by atoms with Crippen LogP contribution in [0.4, 0.5) is 5.69 Å². The molecule has 1 aromatic rings. The summed E-state index contributed by atoms with van der Waals surface area (Å²) < 4.78 is 0. The van der Waals surface area contributed by atoms with Gasteiger partial charge in [0.1, 0.15) is 5.56 Å². The van der Waals surface area contributed by atoms with Gasteiger partial charge >= 0.3 is 5.69 Å². The maximum atomic E-state index is 12.1. The van der Waals surface area contributed by atoms with Crippen LogP contribution in [0.15, 0.2) is 12.3 Å². The first-order valence-electron chi connectivity index (χ1n) is 6.04. The molecule has 0 spiro atoms. The maximum Gasteiger partial charge on any atom is 0.319 e. The molecule has 0 aliphatic heterocycles. The Labute approximate surface area is 119 Å². The fourth-order valence-corrected chi connectivity index (χ4v) is 2.55. The van der Waals surface area contributed by atoms with Gasteiger partial charge < -0.3 is 5.32 Å². The molecule has 1 N–H and O–H groups in total. The third-order valence-corrected chi connectivity index (χ3v) is 3.58. The predicted octanol–water partition coefficient (Wildman–Crippen LogP) is 2.07. The molecule has 20 heavy (non-hydrogen) atoms. The Hall–Kier alpha value is -2.20. The highest BCUT2D eigenvalue weighted by molar-refractivity contribution is 6.32. The summed E-state index contributed by atoms with van der Waals surface area (Å²) in [5.41, 5.74) is -0.656. The van der Waals surface area contributed by atoms with E-state index in [9.17, 15) is 14.9 Å². The van der Waals surface area contributed by atoms with Crippen molar-refractivity contribution < 1.29 is 9.72 Å². The Kier molecular flexibility index (Phi) is 4.15. The lowest BCUT2D eigenvalue weighted by Gasteiger charge is -2.15. The molecule has 1 fully saturated rings. The van der Waals surface area contributed by atoms with Crippen LogP contribution in [0.5, 0.6) is 0 Å². The molecule has 1 amide bonds. The first-order chi connectivity index (χ1) is 9.54. The fraction of sp³-hybridized carbons (Fsp3) is 0.417. The van der Waals surface area contributed by atoms with Crippen LogP contribution in [0, 0.1) is 27.4 Å². The highest BCUT2D eigenvalue weighted by Gasteiger charge is 2.31. The second kappa shape index (κ2) is 5.84. The fourth-order valence-electron chi connectivity index (χ4n) is 2.32. The zero-order valence-corrected chi connectivity index (χ0v) is 11.1. The molecule has 2 atom stereocenters. The van der Waals surface area contributed by atoms with E-state index in [-0.39, 0.29) is 22.7 Å². The lowest BCUT2D eigenvalue weighted by atomic mass is 10.1. The minimum Gasteiger partial charge on any atom is -0.348 e. The van der Waals surface area contributed by atoms with Crippen molar-refractivity contribution in [2.45, 2.75) is 25.3 Å². The summed E-state index contributed by atoms with van der Waals surface area (Å²) in [5.74, 6) is -0.858. The van der Waals surface area contributed by atoms with Crippen molar-refractivity contribution in [1.82, 2.24) is 10.3 Å². The van der Waals surface area contributed by atoms with Gasteiger partial charge in [-0.05, 0) is 25.3 Å². The van der Waals surface area contributed by atoms with Crippen LogP contribution in [0.3, 0.4) is 0 Å².